The summed E-state index contributed by atoms with van der Waals surface area (Å²) in [5.41, 5.74) is 1.64. The van der Waals surface area contributed by atoms with Gasteiger partial charge in [0.05, 0.1) is 28.8 Å². The lowest BCUT2D eigenvalue weighted by Gasteiger charge is -2.09. The fraction of sp³-hybridized carbons (Fsp3) is 0.158. The van der Waals surface area contributed by atoms with Crippen LogP contribution in [0.4, 0.5) is 0 Å². The predicted octanol–water partition coefficient (Wildman–Crippen LogP) is 2.41. The van der Waals surface area contributed by atoms with Gasteiger partial charge in [0.2, 0.25) is 0 Å². The summed E-state index contributed by atoms with van der Waals surface area (Å²) >= 11 is 1.51. The van der Waals surface area contributed by atoms with Gasteiger partial charge in [-0.2, -0.15) is 0 Å². The van der Waals surface area contributed by atoms with Crippen LogP contribution in [0, 0.1) is 0 Å². The van der Waals surface area contributed by atoms with Crippen LogP contribution in [0.1, 0.15) is 10.4 Å². The molecule has 0 unspecified atom stereocenters. The van der Waals surface area contributed by atoms with Gasteiger partial charge in [0.25, 0.3) is 5.91 Å². The molecule has 0 fully saturated rings. The van der Waals surface area contributed by atoms with Crippen LogP contribution in [0.15, 0.2) is 47.8 Å². The lowest BCUT2D eigenvalue weighted by Crippen LogP contribution is -2.33. The highest BCUT2D eigenvalue weighted by atomic mass is 32.1. The van der Waals surface area contributed by atoms with Crippen molar-refractivity contribution in [2.45, 2.75) is 0 Å². The highest BCUT2D eigenvalue weighted by Gasteiger charge is 2.17. The van der Waals surface area contributed by atoms with Crippen LogP contribution in [-0.2, 0) is 19.1 Å². The Morgan fingerprint density at radius 1 is 1.15 bits per heavy atom. The minimum Gasteiger partial charge on any atom is -0.468 e. The highest BCUT2D eigenvalue weighted by molar-refractivity contribution is 7.13. The minimum absolute atomic E-state index is 0.284. The van der Waals surface area contributed by atoms with Gasteiger partial charge in [-0.15, -0.1) is 11.3 Å². The molecule has 0 radical (unpaired) electrons. The van der Waals surface area contributed by atoms with Crippen molar-refractivity contribution in [1.29, 1.82) is 0 Å². The van der Waals surface area contributed by atoms with E-state index >= 15 is 0 Å². The summed E-state index contributed by atoms with van der Waals surface area (Å²) in [5.74, 6) is -1.82. The first kappa shape index (κ1) is 18.5. The zero-order chi connectivity index (χ0) is 19.2. The molecule has 0 atom stereocenters. The summed E-state index contributed by atoms with van der Waals surface area (Å²) in [5, 5.41) is 4.87. The topological polar surface area (TPSA) is 94.6 Å². The Bertz CT molecular complexity index is 985. The number of methoxy groups -OCH3 is 1. The molecule has 0 aliphatic carbocycles. The highest BCUT2D eigenvalue weighted by Crippen LogP contribution is 2.28. The van der Waals surface area contributed by atoms with Crippen LogP contribution in [0.3, 0.4) is 0 Å². The van der Waals surface area contributed by atoms with Gasteiger partial charge in [0.1, 0.15) is 6.54 Å². The Morgan fingerprint density at radius 3 is 2.70 bits per heavy atom. The zero-order valence-electron chi connectivity index (χ0n) is 14.4. The first-order valence-corrected chi connectivity index (χ1v) is 8.90. The van der Waals surface area contributed by atoms with Gasteiger partial charge in [0.15, 0.2) is 6.61 Å². The first-order chi connectivity index (χ1) is 13.1. The largest absolute Gasteiger partial charge is 0.468 e. The molecule has 1 N–H and O–H groups in total. The second-order valence-electron chi connectivity index (χ2n) is 5.48. The summed E-state index contributed by atoms with van der Waals surface area (Å²) in [6, 6.07) is 12.7. The fourth-order valence-electron chi connectivity index (χ4n) is 2.40. The molecule has 0 aliphatic rings. The third-order valence-electron chi connectivity index (χ3n) is 3.70. The van der Waals surface area contributed by atoms with Crippen molar-refractivity contribution >= 4 is 40.1 Å². The number of para-hydroxylation sites is 1. The van der Waals surface area contributed by atoms with E-state index in [-0.39, 0.29) is 6.54 Å². The monoisotopic (exact) mass is 384 g/mol. The van der Waals surface area contributed by atoms with E-state index in [0.717, 1.165) is 4.88 Å². The summed E-state index contributed by atoms with van der Waals surface area (Å²) in [7, 11) is 1.22. The summed E-state index contributed by atoms with van der Waals surface area (Å²) in [6.45, 7) is -0.783. The maximum atomic E-state index is 12.6. The standard InChI is InChI=1S/C19H16N2O5S/c1-25-18(23)10-20-17(22)11-26-19(24)13-9-15(16-7-4-8-27-16)21-14-6-3-2-5-12(13)14/h2-9H,10-11H2,1H3,(H,20,22). The molecule has 2 heterocycles. The smallest absolute Gasteiger partial charge is 0.339 e. The third-order valence-corrected chi connectivity index (χ3v) is 4.59. The van der Waals surface area contributed by atoms with E-state index in [4.69, 9.17) is 4.74 Å². The van der Waals surface area contributed by atoms with Gasteiger partial charge in [-0.05, 0) is 23.6 Å². The van der Waals surface area contributed by atoms with E-state index in [2.05, 4.69) is 15.0 Å². The molecular weight excluding hydrogens is 368 g/mol. The van der Waals surface area contributed by atoms with E-state index in [1.165, 1.54) is 18.4 Å². The third kappa shape index (κ3) is 4.48. The van der Waals surface area contributed by atoms with E-state index < -0.39 is 24.5 Å². The fourth-order valence-corrected chi connectivity index (χ4v) is 3.08. The number of esters is 2. The lowest BCUT2D eigenvalue weighted by molar-refractivity contribution is -0.141. The quantitative estimate of drug-likeness (QED) is 0.656. The molecule has 27 heavy (non-hydrogen) atoms. The molecule has 2 aromatic heterocycles. The number of aromatic nitrogens is 1. The number of thiophene rings is 1. The van der Waals surface area contributed by atoms with Crippen molar-refractivity contribution in [3.8, 4) is 10.6 Å². The second kappa shape index (κ2) is 8.41. The molecule has 138 valence electrons. The number of carbonyl (C=O) groups is 3. The van der Waals surface area contributed by atoms with Gasteiger partial charge in [-0.3, -0.25) is 9.59 Å². The van der Waals surface area contributed by atoms with Gasteiger partial charge in [0, 0.05) is 5.39 Å². The molecule has 7 nitrogen and oxygen atoms in total. The number of rotatable bonds is 6. The number of carbonyl (C=O) groups excluding carboxylic acids is 3. The Kier molecular flexibility index (Phi) is 5.77. The number of fused-ring (bicyclic) bond motifs is 1. The number of nitrogens with one attached hydrogen (secondary N) is 1. The summed E-state index contributed by atoms with van der Waals surface area (Å²) in [4.78, 5) is 40.8. The van der Waals surface area contributed by atoms with Gasteiger partial charge in [-0.25, -0.2) is 9.78 Å². The summed E-state index contributed by atoms with van der Waals surface area (Å²) < 4.78 is 9.53. The molecule has 0 saturated heterocycles. The maximum absolute atomic E-state index is 12.6. The van der Waals surface area contributed by atoms with Crippen LogP contribution in [0.2, 0.25) is 0 Å². The average molecular weight is 384 g/mol. The Balaban J connectivity index is 1.79. The lowest BCUT2D eigenvalue weighted by atomic mass is 10.1. The van der Waals surface area contributed by atoms with E-state index in [0.29, 0.717) is 22.2 Å². The predicted molar refractivity (Wildman–Crippen MR) is 100 cm³/mol. The first-order valence-electron chi connectivity index (χ1n) is 8.03. The van der Waals surface area contributed by atoms with Crippen LogP contribution in [-0.4, -0.2) is 43.1 Å². The van der Waals surface area contributed by atoms with Crippen LogP contribution < -0.4 is 5.32 Å². The van der Waals surface area contributed by atoms with Gasteiger partial charge < -0.3 is 14.8 Å². The Hall–Kier alpha value is -3.26. The van der Waals surface area contributed by atoms with Crippen LogP contribution >= 0.6 is 11.3 Å². The van der Waals surface area contributed by atoms with E-state index in [9.17, 15) is 14.4 Å². The van der Waals surface area contributed by atoms with Crippen molar-refractivity contribution in [1.82, 2.24) is 10.3 Å². The number of hydrogen-bond acceptors (Lipinski definition) is 7. The number of pyridine rings is 1. The Labute approximate surface area is 158 Å². The van der Waals surface area contributed by atoms with Crippen molar-refractivity contribution in [3.63, 3.8) is 0 Å². The number of hydrogen-bond donors (Lipinski definition) is 1. The molecule has 3 aromatic rings. The van der Waals surface area contributed by atoms with Crippen molar-refractivity contribution in [2.24, 2.45) is 0 Å². The molecule has 3 rings (SSSR count). The molecule has 0 spiro atoms. The van der Waals surface area contributed by atoms with E-state index in [1.54, 1.807) is 18.2 Å². The summed E-state index contributed by atoms with van der Waals surface area (Å²) in [6.07, 6.45) is 0. The molecule has 0 aliphatic heterocycles. The molecule has 1 aromatic carbocycles. The van der Waals surface area contributed by atoms with Gasteiger partial charge >= 0.3 is 11.9 Å². The van der Waals surface area contributed by atoms with Crippen molar-refractivity contribution in [2.75, 3.05) is 20.3 Å². The average Bonchev–Trinajstić information content (AvgIpc) is 3.24. The molecule has 0 bridgehead atoms. The van der Waals surface area contributed by atoms with E-state index in [1.807, 2.05) is 29.6 Å². The minimum atomic E-state index is -0.639. The zero-order valence-corrected chi connectivity index (χ0v) is 15.2. The molecule has 1 amide bonds. The Morgan fingerprint density at radius 2 is 1.96 bits per heavy atom. The number of ether oxygens (including phenoxy) is 2. The normalized spacial score (nSPS) is 10.4. The molecular formula is C19H16N2O5S. The second-order valence-corrected chi connectivity index (χ2v) is 6.43. The maximum Gasteiger partial charge on any atom is 0.339 e. The van der Waals surface area contributed by atoms with Gasteiger partial charge in [-0.1, -0.05) is 24.3 Å². The SMILES string of the molecule is COC(=O)CNC(=O)COC(=O)c1cc(-c2cccs2)nc2ccccc12. The molecule has 0 saturated carbocycles. The van der Waals surface area contributed by atoms with Crippen LogP contribution in [0.5, 0.6) is 0 Å². The van der Waals surface area contributed by atoms with Crippen molar-refractivity contribution < 1.29 is 23.9 Å². The molecule has 8 heteroatoms. The van der Waals surface area contributed by atoms with Crippen LogP contribution in [0.25, 0.3) is 21.5 Å². The number of benzene rings is 1. The number of amides is 1. The number of nitrogens with zero attached hydrogens (tertiary/aromatic N) is 1. The van der Waals surface area contributed by atoms with Crippen molar-refractivity contribution in [3.05, 3.63) is 53.4 Å².